The first kappa shape index (κ1) is 16.4. The molecule has 21 heavy (non-hydrogen) atoms. The normalized spacial score (nSPS) is 17.7. The van der Waals surface area contributed by atoms with Crippen molar-refractivity contribution in [2.45, 2.75) is 65.8 Å². The second-order valence-electron chi connectivity index (χ2n) is 6.60. The standard InChI is InChI=1S/C19H31NO/c1-5-20-18(17-9-7-6-8-10-17)13-21-19-15(3)11-14(2)12-16(19)4/h11-12,17-18,20H,5-10,13H2,1-4H3. The van der Waals surface area contributed by atoms with Crippen LogP contribution < -0.4 is 10.1 Å². The fourth-order valence-electron chi connectivity index (χ4n) is 3.73. The number of rotatable bonds is 6. The zero-order valence-corrected chi connectivity index (χ0v) is 14.2. The Balaban J connectivity index is 2.01. The smallest absolute Gasteiger partial charge is 0.125 e. The molecule has 1 unspecified atom stereocenters. The zero-order chi connectivity index (χ0) is 15.2. The van der Waals surface area contributed by atoms with Crippen LogP contribution in [0.1, 0.15) is 55.7 Å². The Morgan fingerprint density at radius 1 is 1.10 bits per heavy atom. The predicted octanol–water partition coefficient (Wildman–Crippen LogP) is 4.55. The van der Waals surface area contributed by atoms with Gasteiger partial charge in [0.25, 0.3) is 0 Å². The molecule has 1 aromatic rings. The molecule has 1 aliphatic carbocycles. The van der Waals surface area contributed by atoms with Crippen molar-refractivity contribution in [3.05, 3.63) is 28.8 Å². The third kappa shape index (κ3) is 4.47. The van der Waals surface area contributed by atoms with Gasteiger partial charge in [0.15, 0.2) is 0 Å². The molecule has 0 amide bonds. The predicted molar refractivity (Wildman–Crippen MR) is 90.2 cm³/mol. The van der Waals surface area contributed by atoms with Crippen molar-refractivity contribution in [2.75, 3.05) is 13.2 Å². The van der Waals surface area contributed by atoms with E-state index in [1.165, 1.54) is 48.8 Å². The lowest BCUT2D eigenvalue weighted by Gasteiger charge is -2.31. The number of benzene rings is 1. The largest absolute Gasteiger partial charge is 0.491 e. The summed E-state index contributed by atoms with van der Waals surface area (Å²) in [4.78, 5) is 0. The van der Waals surface area contributed by atoms with Gasteiger partial charge in [0.1, 0.15) is 12.4 Å². The molecule has 2 rings (SSSR count). The Labute approximate surface area is 130 Å². The summed E-state index contributed by atoms with van der Waals surface area (Å²) in [6.07, 6.45) is 6.89. The Hall–Kier alpha value is -1.02. The van der Waals surface area contributed by atoms with Gasteiger partial charge in [-0.25, -0.2) is 0 Å². The highest BCUT2D eigenvalue weighted by atomic mass is 16.5. The van der Waals surface area contributed by atoms with Crippen LogP contribution in [0.15, 0.2) is 12.1 Å². The fourth-order valence-corrected chi connectivity index (χ4v) is 3.73. The average molecular weight is 289 g/mol. The number of aryl methyl sites for hydroxylation is 3. The SMILES string of the molecule is CCNC(COc1c(C)cc(C)cc1C)C1CCCCC1. The van der Waals surface area contributed by atoms with E-state index in [4.69, 9.17) is 4.74 Å². The van der Waals surface area contributed by atoms with Crippen LogP contribution in [0.5, 0.6) is 5.75 Å². The van der Waals surface area contributed by atoms with E-state index in [1.807, 2.05) is 0 Å². The van der Waals surface area contributed by atoms with E-state index in [0.29, 0.717) is 6.04 Å². The second kappa shape index (κ2) is 7.84. The van der Waals surface area contributed by atoms with Crippen LogP contribution in [-0.4, -0.2) is 19.2 Å². The van der Waals surface area contributed by atoms with E-state index in [9.17, 15) is 0 Å². The molecule has 1 atom stereocenters. The van der Waals surface area contributed by atoms with Crippen LogP contribution in [0.2, 0.25) is 0 Å². The second-order valence-corrected chi connectivity index (χ2v) is 6.60. The maximum Gasteiger partial charge on any atom is 0.125 e. The number of likely N-dealkylation sites (N-methyl/N-ethyl adjacent to an activating group) is 1. The summed E-state index contributed by atoms with van der Waals surface area (Å²) < 4.78 is 6.23. The van der Waals surface area contributed by atoms with Gasteiger partial charge in [-0.15, -0.1) is 0 Å². The van der Waals surface area contributed by atoms with E-state index in [0.717, 1.165) is 24.8 Å². The average Bonchev–Trinajstić information content (AvgIpc) is 2.46. The maximum absolute atomic E-state index is 6.23. The van der Waals surface area contributed by atoms with Crippen LogP contribution in [0.25, 0.3) is 0 Å². The minimum atomic E-state index is 0.496. The fraction of sp³-hybridized carbons (Fsp3) is 0.684. The van der Waals surface area contributed by atoms with Crippen molar-refractivity contribution in [3.8, 4) is 5.75 Å². The van der Waals surface area contributed by atoms with E-state index < -0.39 is 0 Å². The molecule has 1 aliphatic rings. The van der Waals surface area contributed by atoms with Gasteiger partial charge in [-0.05, 0) is 57.2 Å². The highest BCUT2D eigenvalue weighted by molar-refractivity contribution is 5.42. The molecule has 1 aromatic carbocycles. The van der Waals surface area contributed by atoms with Gasteiger partial charge in [-0.3, -0.25) is 0 Å². The zero-order valence-electron chi connectivity index (χ0n) is 14.2. The van der Waals surface area contributed by atoms with E-state index in [2.05, 4.69) is 45.1 Å². The first-order chi connectivity index (χ1) is 10.1. The molecule has 0 radical (unpaired) electrons. The van der Waals surface area contributed by atoms with E-state index >= 15 is 0 Å². The third-order valence-electron chi connectivity index (χ3n) is 4.70. The molecule has 0 aromatic heterocycles. The molecule has 0 saturated heterocycles. The molecule has 1 fully saturated rings. The van der Waals surface area contributed by atoms with Crippen molar-refractivity contribution in [2.24, 2.45) is 5.92 Å². The van der Waals surface area contributed by atoms with E-state index in [-0.39, 0.29) is 0 Å². The Kier molecular flexibility index (Phi) is 6.10. The summed E-state index contributed by atoms with van der Waals surface area (Å²) in [5.74, 6) is 1.86. The lowest BCUT2D eigenvalue weighted by atomic mass is 9.84. The first-order valence-electron chi connectivity index (χ1n) is 8.55. The van der Waals surface area contributed by atoms with Crippen LogP contribution in [0.4, 0.5) is 0 Å². The quantitative estimate of drug-likeness (QED) is 0.829. The highest BCUT2D eigenvalue weighted by Crippen LogP contribution is 2.29. The summed E-state index contributed by atoms with van der Waals surface area (Å²) in [7, 11) is 0. The molecule has 2 heteroatoms. The van der Waals surface area contributed by atoms with Gasteiger partial charge in [-0.1, -0.05) is 43.9 Å². The van der Waals surface area contributed by atoms with Gasteiger partial charge < -0.3 is 10.1 Å². The molecule has 0 heterocycles. The molecule has 1 N–H and O–H groups in total. The van der Waals surface area contributed by atoms with Gasteiger partial charge in [-0.2, -0.15) is 0 Å². The number of ether oxygens (including phenoxy) is 1. The minimum absolute atomic E-state index is 0.496. The van der Waals surface area contributed by atoms with Crippen LogP contribution in [-0.2, 0) is 0 Å². The molecule has 0 aliphatic heterocycles. The molecular formula is C19H31NO. The maximum atomic E-state index is 6.23. The molecule has 118 valence electrons. The van der Waals surface area contributed by atoms with Gasteiger partial charge in [0.05, 0.1) is 0 Å². The van der Waals surface area contributed by atoms with Crippen molar-refractivity contribution in [3.63, 3.8) is 0 Å². The molecule has 2 nitrogen and oxygen atoms in total. The first-order valence-corrected chi connectivity index (χ1v) is 8.55. The van der Waals surface area contributed by atoms with Crippen LogP contribution >= 0.6 is 0 Å². The number of hydrogen-bond acceptors (Lipinski definition) is 2. The Morgan fingerprint density at radius 2 is 1.71 bits per heavy atom. The molecular weight excluding hydrogens is 258 g/mol. The van der Waals surface area contributed by atoms with Gasteiger partial charge in [0.2, 0.25) is 0 Å². The van der Waals surface area contributed by atoms with Crippen LogP contribution in [0, 0.1) is 26.7 Å². The van der Waals surface area contributed by atoms with Crippen molar-refractivity contribution in [1.29, 1.82) is 0 Å². The van der Waals surface area contributed by atoms with Crippen molar-refractivity contribution in [1.82, 2.24) is 5.32 Å². The summed E-state index contributed by atoms with van der Waals surface area (Å²) in [6.45, 7) is 10.5. The highest BCUT2D eigenvalue weighted by Gasteiger charge is 2.23. The van der Waals surface area contributed by atoms with E-state index in [1.54, 1.807) is 0 Å². The van der Waals surface area contributed by atoms with Crippen molar-refractivity contribution < 1.29 is 4.74 Å². The molecule has 0 bridgehead atoms. The summed E-state index contributed by atoms with van der Waals surface area (Å²) in [5.41, 5.74) is 3.82. The van der Waals surface area contributed by atoms with Gasteiger partial charge in [0, 0.05) is 6.04 Å². The number of nitrogens with one attached hydrogen (secondary N) is 1. The Bertz CT molecular complexity index is 426. The lowest BCUT2D eigenvalue weighted by Crippen LogP contribution is -2.41. The molecule has 0 spiro atoms. The lowest BCUT2D eigenvalue weighted by molar-refractivity contribution is 0.186. The summed E-state index contributed by atoms with van der Waals surface area (Å²) >= 11 is 0. The topological polar surface area (TPSA) is 21.3 Å². The number of hydrogen-bond donors (Lipinski definition) is 1. The summed E-state index contributed by atoms with van der Waals surface area (Å²) in [5, 5.41) is 3.65. The molecule has 1 saturated carbocycles. The van der Waals surface area contributed by atoms with Crippen LogP contribution in [0.3, 0.4) is 0 Å². The van der Waals surface area contributed by atoms with Crippen molar-refractivity contribution >= 4 is 0 Å². The van der Waals surface area contributed by atoms with Gasteiger partial charge >= 0.3 is 0 Å². The minimum Gasteiger partial charge on any atom is -0.491 e. The monoisotopic (exact) mass is 289 g/mol. The Morgan fingerprint density at radius 3 is 2.29 bits per heavy atom. The summed E-state index contributed by atoms with van der Waals surface area (Å²) in [6, 6.07) is 4.92. The third-order valence-corrected chi connectivity index (χ3v) is 4.70.